The van der Waals surface area contributed by atoms with Gasteiger partial charge in [0.1, 0.15) is 17.6 Å². The average Bonchev–Trinajstić information content (AvgIpc) is 2.69. The molecule has 29 heavy (non-hydrogen) atoms. The molecule has 4 N–H and O–H groups in total. The number of aliphatic carboxylic acids is 1. The first kappa shape index (κ1) is 20.1. The van der Waals surface area contributed by atoms with E-state index in [4.69, 9.17) is 0 Å². The molecule has 0 radical (unpaired) electrons. The molecule has 0 aliphatic carbocycles. The van der Waals surface area contributed by atoms with E-state index in [-0.39, 0.29) is 30.1 Å². The number of aryl methyl sites for hydroxylation is 1. The molecule has 1 atom stereocenters. The molecule has 1 heterocycles. The fourth-order valence-corrected chi connectivity index (χ4v) is 3.00. The number of rotatable bonds is 8. The van der Waals surface area contributed by atoms with Gasteiger partial charge in [0.25, 0.3) is 5.56 Å². The monoisotopic (exact) mass is 395 g/mol. The Hall–Kier alpha value is -3.68. The molecule has 2 aromatic carbocycles. The maximum absolute atomic E-state index is 12.2. The number of carboxylic acids is 1. The topological polar surface area (TPSA) is 132 Å². The van der Waals surface area contributed by atoms with Crippen LogP contribution in [0.3, 0.4) is 0 Å². The van der Waals surface area contributed by atoms with Crippen LogP contribution in [-0.2, 0) is 22.4 Å². The van der Waals surface area contributed by atoms with Crippen LogP contribution in [-0.4, -0.2) is 38.1 Å². The molecule has 0 bridgehead atoms. The Kier molecular flexibility index (Phi) is 6.23. The number of fused-ring (bicyclic) bond motifs is 1. The van der Waals surface area contributed by atoms with Gasteiger partial charge in [0.05, 0.1) is 10.9 Å². The number of carbonyl (C=O) groups excluding carboxylic acids is 1. The van der Waals surface area contributed by atoms with E-state index in [2.05, 4.69) is 15.3 Å². The lowest BCUT2D eigenvalue weighted by Crippen LogP contribution is -2.42. The third kappa shape index (κ3) is 5.41. The molecule has 8 nitrogen and oxygen atoms in total. The maximum atomic E-state index is 12.2. The van der Waals surface area contributed by atoms with E-state index in [1.165, 1.54) is 12.1 Å². The highest BCUT2D eigenvalue weighted by molar-refractivity contribution is 5.83. The van der Waals surface area contributed by atoms with E-state index in [0.717, 1.165) is 0 Å². The van der Waals surface area contributed by atoms with Gasteiger partial charge in [-0.3, -0.25) is 9.59 Å². The first-order valence-electron chi connectivity index (χ1n) is 9.20. The van der Waals surface area contributed by atoms with Gasteiger partial charge >= 0.3 is 5.97 Å². The molecule has 1 unspecified atom stereocenters. The van der Waals surface area contributed by atoms with Crippen molar-refractivity contribution >= 4 is 22.8 Å². The van der Waals surface area contributed by atoms with E-state index in [0.29, 0.717) is 35.1 Å². The molecular weight excluding hydrogens is 374 g/mol. The van der Waals surface area contributed by atoms with Gasteiger partial charge in [0, 0.05) is 19.3 Å². The highest BCUT2D eigenvalue weighted by Crippen LogP contribution is 2.12. The predicted molar refractivity (Wildman–Crippen MR) is 107 cm³/mol. The van der Waals surface area contributed by atoms with Crippen molar-refractivity contribution < 1.29 is 19.8 Å². The number of carbonyl (C=O) groups is 2. The van der Waals surface area contributed by atoms with Gasteiger partial charge in [-0.15, -0.1) is 0 Å². The Morgan fingerprint density at radius 1 is 1.10 bits per heavy atom. The zero-order valence-electron chi connectivity index (χ0n) is 15.6. The number of hydrogen-bond acceptors (Lipinski definition) is 5. The van der Waals surface area contributed by atoms with Crippen molar-refractivity contribution in [2.24, 2.45) is 0 Å². The maximum Gasteiger partial charge on any atom is 0.326 e. The van der Waals surface area contributed by atoms with E-state index in [9.17, 15) is 24.6 Å². The third-order valence-corrected chi connectivity index (χ3v) is 4.49. The number of aromatic hydroxyl groups is 1. The summed E-state index contributed by atoms with van der Waals surface area (Å²) in [6, 6.07) is 12.1. The molecule has 3 rings (SSSR count). The van der Waals surface area contributed by atoms with Crippen molar-refractivity contribution in [3.05, 3.63) is 70.3 Å². The van der Waals surface area contributed by atoms with Crippen LogP contribution in [0.5, 0.6) is 5.75 Å². The normalized spacial score (nSPS) is 11.9. The van der Waals surface area contributed by atoms with Crippen molar-refractivity contribution in [1.82, 2.24) is 15.3 Å². The minimum absolute atomic E-state index is 0.0880. The Balaban J connectivity index is 1.55. The van der Waals surface area contributed by atoms with Gasteiger partial charge in [-0.25, -0.2) is 9.78 Å². The number of aromatic amines is 1. The molecule has 1 aromatic heterocycles. The van der Waals surface area contributed by atoms with Gasteiger partial charge in [-0.1, -0.05) is 24.3 Å². The average molecular weight is 395 g/mol. The molecular formula is C21H21N3O5. The van der Waals surface area contributed by atoms with E-state index < -0.39 is 12.0 Å². The lowest BCUT2D eigenvalue weighted by atomic mass is 10.1. The summed E-state index contributed by atoms with van der Waals surface area (Å²) in [6.45, 7) is 0. The van der Waals surface area contributed by atoms with Crippen LogP contribution in [0.4, 0.5) is 0 Å². The molecule has 0 fully saturated rings. The fourth-order valence-electron chi connectivity index (χ4n) is 3.00. The van der Waals surface area contributed by atoms with Crippen LogP contribution in [0, 0.1) is 0 Å². The zero-order valence-corrected chi connectivity index (χ0v) is 15.6. The van der Waals surface area contributed by atoms with E-state index in [1.807, 2.05) is 0 Å². The summed E-state index contributed by atoms with van der Waals surface area (Å²) in [7, 11) is 0. The van der Waals surface area contributed by atoms with E-state index in [1.54, 1.807) is 36.4 Å². The molecule has 0 saturated heterocycles. The number of carboxylic acid groups (broad SMARTS) is 1. The molecule has 1 amide bonds. The van der Waals surface area contributed by atoms with Crippen LogP contribution in [0.15, 0.2) is 53.3 Å². The first-order chi connectivity index (χ1) is 13.9. The van der Waals surface area contributed by atoms with Gasteiger partial charge < -0.3 is 20.5 Å². The second-order valence-corrected chi connectivity index (χ2v) is 6.71. The van der Waals surface area contributed by atoms with Crippen molar-refractivity contribution in [3.8, 4) is 5.75 Å². The molecule has 3 aromatic rings. The SMILES string of the molecule is O=C(CCCc1nc2ccccc2c(=O)[nH]1)NC(Cc1ccc(O)cc1)C(=O)O. The summed E-state index contributed by atoms with van der Waals surface area (Å²) >= 11 is 0. The molecule has 0 spiro atoms. The summed E-state index contributed by atoms with van der Waals surface area (Å²) in [6.07, 6.45) is 1.03. The van der Waals surface area contributed by atoms with Crippen LogP contribution >= 0.6 is 0 Å². The van der Waals surface area contributed by atoms with Crippen LogP contribution in [0.25, 0.3) is 10.9 Å². The second kappa shape index (κ2) is 9.01. The summed E-state index contributed by atoms with van der Waals surface area (Å²) in [5, 5.41) is 21.7. The number of phenols is 1. The lowest BCUT2D eigenvalue weighted by Gasteiger charge is -2.14. The molecule has 0 aliphatic rings. The highest BCUT2D eigenvalue weighted by Gasteiger charge is 2.20. The van der Waals surface area contributed by atoms with Crippen molar-refractivity contribution in [1.29, 1.82) is 0 Å². The zero-order chi connectivity index (χ0) is 20.8. The number of aromatic nitrogens is 2. The Morgan fingerprint density at radius 2 is 1.83 bits per heavy atom. The largest absolute Gasteiger partial charge is 0.508 e. The molecule has 0 saturated carbocycles. The summed E-state index contributed by atoms with van der Waals surface area (Å²) in [5.74, 6) is -0.948. The Bertz CT molecular complexity index is 1080. The smallest absolute Gasteiger partial charge is 0.326 e. The lowest BCUT2D eigenvalue weighted by molar-refractivity contribution is -0.141. The summed E-state index contributed by atoms with van der Waals surface area (Å²) in [5.41, 5.74) is 1.05. The molecule has 8 heteroatoms. The van der Waals surface area contributed by atoms with Gasteiger partial charge in [0.2, 0.25) is 5.91 Å². The number of nitrogens with one attached hydrogen (secondary N) is 2. The number of nitrogens with zero attached hydrogens (tertiary/aromatic N) is 1. The van der Waals surface area contributed by atoms with Crippen molar-refractivity contribution in [3.63, 3.8) is 0 Å². The standard InChI is InChI=1S/C21H21N3O5/c25-14-10-8-13(9-11-14)12-17(21(28)29)23-19(26)7-3-6-18-22-16-5-2-1-4-15(16)20(27)24-18/h1-2,4-5,8-11,17,25H,3,6-7,12H2,(H,23,26)(H,28,29)(H,22,24,27). The minimum atomic E-state index is -1.13. The fraction of sp³-hybridized carbons (Fsp3) is 0.238. The third-order valence-electron chi connectivity index (χ3n) is 4.49. The summed E-state index contributed by atoms with van der Waals surface area (Å²) in [4.78, 5) is 42.8. The number of benzene rings is 2. The minimum Gasteiger partial charge on any atom is -0.508 e. The van der Waals surface area contributed by atoms with Crippen LogP contribution < -0.4 is 10.9 Å². The molecule has 150 valence electrons. The number of amides is 1. The highest BCUT2D eigenvalue weighted by atomic mass is 16.4. The number of hydrogen-bond donors (Lipinski definition) is 4. The predicted octanol–water partition coefficient (Wildman–Crippen LogP) is 1.76. The second-order valence-electron chi connectivity index (χ2n) is 6.71. The quantitative estimate of drug-likeness (QED) is 0.459. The first-order valence-corrected chi connectivity index (χ1v) is 9.20. The number of phenolic OH excluding ortho intramolecular Hbond substituents is 1. The van der Waals surface area contributed by atoms with Crippen LogP contribution in [0.2, 0.25) is 0 Å². The Morgan fingerprint density at radius 3 is 2.55 bits per heavy atom. The molecule has 0 aliphatic heterocycles. The van der Waals surface area contributed by atoms with Gasteiger partial charge in [0.15, 0.2) is 0 Å². The number of para-hydroxylation sites is 1. The van der Waals surface area contributed by atoms with E-state index >= 15 is 0 Å². The number of H-pyrrole nitrogens is 1. The van der Waals surface area contributed by atoms with Crippen molar-refractivity contribution in [2.45, 2.75) is 31.7 Å². The van der Waals surface area contributed by atoms with Gasteiger partial charge in [-0.05, 0) is 36.2 Å². The van der Waals surface area contributed by atoms with Crippen molar-refractivity contribution in [2.75, 3.05) is 0 Å². The van der Waals surface area contributed by atoms with Crippen LogP contribution in [0.1, 0.15) is 24.2 Å². The summed E-state index contributed by atoms with van der Waals surface area (Å²) < 4.78 is 0. The Labute approximate surface area is 166 Å². The van der Waals surface area contributed by atoms with Gasteiger partial charge in [-0.2, -0.15) is 0 Å².